The number of nitrogens with one attached hydrogen (secondary N) is 1. The van der Waals surface area contributed by atoms with Crippen LogP contribution in [0.1, 0.15) is 200 Å². The fourth-order valence-corrected chi connectivity index (χ4v) is 7.30. The zero-order chi connectivity index (χ0) is 43.6. The van der Waals surface area contributed by atoms with Crippen molar-refractivity contribution in [3.05, 3.63) is 60.8 Å². The fourth-order valence-electron chi connectivity index (χ4n) is 6.57. The van der Waals surface area contributed by atoms with Crippen molar-refractivity contribution in [3.8, 4) is 0 Å². The molecule has 0 saturated heterocycles. The van der Waals surface area contributed by atoms with E-state index in [-0.39, 0.29) is 12.5 Å². The SMILES string of the molecule is CCCC/C=C/CC/C=C/C(O)C(COP(=O)([O-])OCC[N+](C)(C)C)NC(=O)CCCCCCCCCCCCCCCC/C=C\C/C=C\C/C=C\CCCCCCC. The van der Waals surface area contributed by atoms with Crippen molar-refractivity contribution < 1.29 is 32.9 Å². The second kappa shape index (κ2) is 41.5. The first kappa shape index (κ1) is 57.2. The summed E-state index contributed by atoms with van der Waals surface area (Å²) in [5, 5.41) is 13.7. The van der Waals surface area contributed by atoms with Crippen molar-refractivity contribution in [1.29, 1.82) is 0 Å². The van der Waals surface area contributed by atoms with Crippen LogP contribution in [0.3, 0.4) is 0 Å². The Balaban J connectivity index is 4.06. The Bertz CT molecular complexity index is 1140. The molecule has 0 spiro atoms. The Morgan fingerprint density at radius 3 is 1.54 bits per heavy atom. The maximum Gasteiger partial charge on any atom is 0.268 e. The van der Waals surface area contributed by atoms with E-state index < -0.39 is 26.6 Å². The maximum absolute atomic E-state index is 12.8. The van der Waals surface area contributed by atoms with Crippen LogP contribution >= 0.6 is 7.82 Å². The van der Waals surface area contributed by atoms with Crippen LogP contribution in [-0.4, -0.2) is 68.5 Å². The maximum atomic E-state index is 12.8. The highest BCUT2D eigenvalue weighted by molar-refractivity contribution is 7.45. The standard InChI is InChI=1S/C50H93N2O6P/c1-6-8-10-12-14-16-17-18-19-20-21-22-23-24-25-26-27-28-29-30-31-32-33-34-35-36-38-40-42-44-50(54)51-48(47-58-59(55,56)57-46-45-52(3,4)5)49(53)43-41-39-37-15-13-11-9-7-2/h13,15,17-18,20-21,23-24,41,43,48-49,53H,6-12,14,16,19,22,25-40,42,44-47H2,1-5H3,(H-,51,54,55,56)/b15-13+,18-17-,21-20-,24-23-,43-41+. The second-order valence-electron chi connectivity index (χ2n) is 17.5. The van der Waals surface area contributed by atoms with Gasteiger partial charge in [-0.3, -0.25) is 9.36 Å². The lowest BCUT2D eigenvalue weighted by Gasteiger charge is -2.29. The Morgan fingerprint density at radius 2 is 1.02 bits per heavy atom. The lowest BCUT2D eigenvalue weighted by molar-refractivity contribution is -0.870. The van der Waals surface area contributed by atoms with Crippen LogP contribution in [0, 0.1) is 0 Å². The van der Waals surface area contributed by atoms with Crippen molar-refractivity contribution in [2.75, 3.05) is 40.9 Å². The number of amides is 1. The minimum Gasteiger partial charge on any atom is -0.756 e. The Labute approximate surface area is 364 Å². The number of hydrogen-bond donors (Lipinski definition) is 2. The van der Waals surface area contributed by atoms with Crippen LogP contribution in [0.2, 0.25) is 0 Å². The van der Waals surface area contributed by atoms with Gasteiger partial charge in [0.1, 0.15) is 13.2 Å². The lowest BCUT2D eigenvalue weighted by atomic mass is 10.0. The minimum atomic E-state index is -4.59. The van der Waals surface area contributed by atoms with Gasteiger partial charge in [-0.15, -0.1) is 0 Å². The van der Waals surface area contributed by atoms with Crippen molar-refractivity contribution in [3.63, 3.8) is 0 Å². The van der Waals surface area contributed by atoms with Gasteiger partial charge in [-0.1, -0.05) is 190 Å². The number of rotatable bonds is 43. The predicted molar refractivity (Wildman–Crippen MR) is 251 cm³/mol. The van der Waals surface area contributed by atoms with Crippen LogP contribution in [0.15, 0.2) is 60.8 Å². The average molecular weight is 849 g/mol. The summed E-state index contributed by atoms with van der Waals surface area (Å²) in [6.45, 7) is 4.52. The summed E-state index contributed by atoms with van der Waals surface area (Å²) < 4.78 is 23.1. The van der Waals surface area contributed by atoms with E-state index in [1.807, 2.05) is 27.2 Å². The van der Waals surface area contributed by atoms with E-state index in [0.29, 0.717) is 17.4 Å². The van der Waals surface area contributed by atoms with Crippen LogP contribution in [-0.2, 0) is 18.4 Å². The molecular weight excluding hydrogens is 756 g/mol. The van der Waals surface area contributed by atoms with E-state index in [9.17, 15) is 19.4 Å². The third kappa shape index (κ3) is 44.1. The van der Waals surface area contributed by atoms with Crippen molar-refractivity contribution in [2.24, 2.45) is 0 Å². The molecule has 1 amide bonds. The summed E-state index contributed by atoms with van der Waals surface area (Å²) in [6, 6.07) is -0.902. The summed E-state index contributed by atoms with van der Waals surface area (Å²) in [5.74, 6) is -0.214. The largest absolute Gasteiger partial charge is 0.756 e. The molecule has 0 aliphatic carbocycles. The number of quaternary nitrogens is 1. The second-order valence-corrected chi connectivity index (χ2v) is 18.9. The number of carbonyl (C=O) groups is 1. The molecule has 0 radical (unpaired) electrons. The van der Waals surface area contributed by atoms with Crippen molar-refractivity contribution >= 4 is 13.7 Å². The zero-order valence-corrected chi connectivity index (χ0v) is 39.8. The molecule has 0 aliphatic rings. The number of phosphoric ester groups is 1. The van der Waals surface area contributed by atoms with E-state index in [0.717, 1.165) is 51.4 Å². The van der Waals surface area contributed by atoms with E-state index in [1.54, 1.807) is 6.08 Å². The van der Waals surface area contributed by atoms with Gasteiger partial charge in [0.2, 0.25) is 5.91 Å². The molecule has 3 unspecified atom stereocenters. The van der Waals surface area contributed by atoms with Gasteiger partial charge in [0.15, 0.2) is 0 Å². The number of aliphatic hydroxyl groups is 1. The molecular formula is C50H93N2O6P. The molecule has 9 heteroatoms. The molecule has 0 fully saturated rings. The highest BCUT2D eigenvalue weighted by Gasteiger charge is 2.23. The lowest BCUT2D eigenvalue weighted by Crippen LogP contribution is -2.45. The van der Waals surface area contributed by atoms with Gasteiger partial charge in [0.25, 0.3) is 7.82 Å². The van der Waals surface area contributed by atoms with E-state index in [2.05, 4.69) is 67.8 Å². The van der Waals surface area contributed by atoms with Gasteiger partial charge in [0.05, 0.1) is 39.9 Å². The zero-order valence-electron chi connectivity index (χ0n) is 38.9. The summed E-state index contributed by atoms with van der Waals surface area (Å²) in [4.78, 5) is 25.2. The topological polar surface area (TPSA) is 108 Å². The highest BCUT2D eigenvalue weighted by Crippen LogP contribution is 2.38. The smallest absolute Gasteiger partial charge is 0.268 e. The predicted octanol–water partition coefficient (Wildman–Crippen LogP) is 13.2. The molecule has 0 heterocycles. The number of nitrogens with zero attached hydrogens (tertiary/aromatic N) is 1. The average Bonchev–Trinajstić information content (AvgIpc) is 3.19. The van der Waals surface area contributed by atoms with E-state index in [4.69, 9.17) is 9.05 Å². The Morgan fingerprint density at radius 1 is 0.593 bits per heavy atom. The molecule has 0 saturated carbocycles. The summed E-state index contributed by atoms with van der Waals surface area (Å²) in [5.41, 5.74) is 0. The normalized spacial score (nSPS) is 14.8. The first-order valence-corrected chi connectivity index (χ1v) is 25.6. The molecule has 0 aromatic carbocycles. The Kier molecular flexibility index (Phi) is 40.3. The van der Waals surface area contributed by atoms with Crippen molar-refractivity contribution in [1.82, 2.24) is 5.32 Å². The number of allylic oxidation sites excluding steroid dienone is 9. The molecule has 0 rings (SSSR count). The Hall–Kier alpha value is -1.80. The summed E-state index contributed by atoms with van der Waals surface area (Å²) in [6.07, 6.45) is 54.5. The molecule has 344 valence electrons. The van der Waals surface area contributed by atoms with Crippen LogP contribution in [0.4, 0.5) is 0 Å². The number of hydrogen-bond acceptors (Lipinski definition) is 6. The molecule has 0 bridgehead atoms. The van der Waals surface area contributed by atoms with Gasteiger partial charge >= 0.3 is 0 Å². The molecule has 8 nitrogen and oxygen atoms in total. The van der Waals surface area contributed by atoms with E-state index >= 15 is 0 Å². The molecule has 0 aromatic rings. The van der Waals surface area contributed by atoms with Crippen LogP contribution in [0.5, 0.6) is 0 Å². The molecule has 0 aromatic heterocycles. The van der Waals surface area contributed by atoms with Gasteiger partial charge in [-0.05, 0) is 64.2 Å². The molecule has 59 heavy (non-hydrogen) atoms. The quantitative estimate of drug-likeness (QED) is 0.0274. The third-order valence-corrected chi connectivity index (χ3v) is 11.4. The number of phosphoric acid groups is 1. The monoisotopic (exact) mass is 849 g/mol. The molecule has 0 aliphatic heterocycles. The number of carbonyl (C=O) groups excluding carboxylic acids is 1. The summed E-state index contributed by atoms with van der Waals surface area (Å²) in [7, 11) is 1.23. The number of likely N-dealkylation sites (N-methyl/N-ethyl adjacent to an activating group) is 1. The van der Waals surface area contributed by atoms with Gasteiger partial charge < -0.3 is 28.8 Å². The van der Waals surface area contributed by atoms with Gasteiger partial charge in [-0.2, -0.15) is 0 Å². The first-order valence-electron chi connectivity index (χ1n) is 24.2. The number of unbranched alkanes of at least 4 members (excludes halogenated alkanes) is 22. The minimum absolute atomic E-state index is 0.00854. The third-order valence-electron chi connectivity index (χ3n) is 10.4. The van der Waals surface area contributed by atoms with Crippen LogP contribution in [0.25, 0.3) is 0 Å². The fraction of sp³-hybridized carbons (Fsp3) is 0.780. The van der Waals surface area contributed by atoms with E-state index in [1.165, 1.54) is 128 Å². The number of aliphatic hydroxyl groups excluding tert-OH is 1. The summed E-state index contributed by atoms with van der Waals surface area (Å²) >= 11 is 0. The molecule has 3 atom stereocenters. The first-order chi connectivity index (χ1) is 28.5. The van der Waals surface area contributed by atoms with Gasteiger partial charge in [0, 0.05) is 6.42 Å². The van der Waals surface area contributed by atoms with Crippen LogP contribution < -0.4 is 10.2 Å². The highest BCUT2D eigenvalue weighted by atomic mass is 31.2. The van der Waals surface area contributed by atoms with Gasteiger partial charge in [-0.25, -0.2) is 0 Å². The molecule has 2 N–H and O–H groups in total. The van der Waals surface area contributed by atoms with Crippen molar-refractivity contribution in [2.45, 2.75) is 212 Å².